The molecule has 0 fully saturated rings. The monoisotopic (exact) mass is 1570 g/mol. The molecule has 21 rings (SSSR count). The van der Waals surface area contributed by atoms with E-state index in [1.807, 2.05) is 158 Å². The Hall–Kier alpha value is -15.6. The highest BCUT2D eigenvalue weighted by Gasteiger charge is 2.39. The van der Waals surface area contributed by atoms with E-state index >= 15 is 0 Å². The number of anilines is 12. The normalized spacial score (nSPS) is 13.2. The Balaban J connectivity index is 0.000000128. The largest absolute Gasteiger partial charge is 0.311 e. The van der Waals surface area contributed by atoms with Gasteiger partial charge in [-0.2, -0.15) is 0 Å². The summed E-state index contributed by atoms with van der Waals surface area (Å²) < 4.78 is 0. The fraction of sp³-hybridized carbons (Fsp3) is 0.0526. The number of rotatable bonds is 15. The number of carbonyl (C=O) groups is 4. The summed E-state index contributed by atoms with van der Waals surface area (Å²) in [6.07, 6.45) is 3.39. The number of carbonyl (C=O) groups excluding carboxylic acids is 4. The molecule has 4 aliphatic rings. The van der Waals surface area contributed by atoms with Gasteiger partial charge in [0.1, 0.15) is 0 Å². The Kier molecular flexibility index (Phi) is 20.2. The van der Waals surface area contributed by atoms with Crippen molar-refractivity contribution < 1.29 is 19.2 Å². The molecule has 0 aliphatic heterocycles. The van der Waals surface area contributed by atoms with Gasteiger partial charge in [0.15, 0.2) is 23.1 Å². The minimum absolute atomic E-state index is 0.0700. The second-order valence-electron chi connectivity index (χ2n) is 32.2. The molecule has 17 aromatic rings. The number of Topliss-reactive ketones (excluding diaryl/α,β-unsaturated/α-hetero) is 4. The molecule has 4 aliphatic carbocycles. The fourth-order valence-corrected chi connectivity index (χ4v) is 17.8. The topological polar surface area (TPSA) is 81.2 Å². The molecule has 0 radical (unpaired) electrons. The fourth-order valence-electron chi connectivity index (χ4n) is 17.8. The number of allylic oxidation sites excluding steroid dienone is 2. The average molecular weight is 1570 g/mol. The SMILES string of the molecule is CC1(C)c2ccccc2-c2ccc(N(c3ccccc3)c3ccc(-c4ccc(N(c5ccccc5)c5ccc6c(c5)C(C)(C)c5ccccc5-6)cc4)cc3)cc21.O=C1C(=Cc2ccc(N(c3ccccc3)c3ccccc3)cc2)C(=O)c2cc3ccccc3cc21.O=C1C(=Cc2ccc(N(c3ccccc3)c3ccccc3)cc2)C(=O)c2ccccc21. The van der Waals surface area contributed by atoms with Gasteiger partial charge in [0.05, 0.1) is 11.1 Å². The van der Waals surface area contributed by atoms with Crippen LogP contribution in [0.2, 0.25) is 0 Å². The van der Waals surface area contributed by atoms with E-state index in [1.54, 1.807) is 36.4 Å². The quantitative estimate of drug-likeness (QED) is 0.0742. The minimum atomic E-state index is -0.213. The van der Waals surface area contributed by atoms with Gasteiger partial charge in [-0.3, -0.25) is 19.2 Å². The molecule has 8 nitrogen and oxygen atoms in total. The molecule has 0 saturated carbocycles. The number of fused-ring (bicyclic) bond motifs is 9. The van der Waals surface area contributed by atoms with Crippen LogP contribution in [0, 0.1) is 0 Å². The van der Waals surface area contributed by atoms with Crippen molar-refractivity contribution in [3.63, 3.8) is 0 Å². The molecular formula is C114H84N4O4. The molecule has 0 aromatic heterocycles. The highest BCUT2D eigenvalue weighted by Crippen LogP contribution is 2.53. The van der Waals surface area contributed by atoms with E-state index < -0.39 is 0 Å². The Morgan fingerprint density at radius 2 is 0.410 bits per heavy atom. The summed E-state index contributed by atoms with van der Waals surface area (Å²) in [5.74, 6) is -0.843. The lowest BCUT2D eigenvalue weighted by molar-refractivity contribution is 0.0975. The van der Waals surface area contributed by atoms with Gasteiger partial charge >= 0.3 is 0 Å². The number of hydrogen-bond donors (Lipinski definition) is 0. The molecule has 0 spiro atoms. The van der Waals surface area contributed by atoms with E-state index in [0.717, 1.165) is 90.1 Å². The third-order valence-corrected chi connectivity index (χ3v) is 24.0. The van der Waals surface area contributed by atoms with Crippen molar-refractivity contribution in [2.24, 2.45) is 0 Å². The van der Waals surface area contributed by atoms with E-state index in [1.165, 1.54) is 55.6 Å². The zero-order chi connectivity index (χ0) is 83.0. The van der Waals surface area contributed by atoms with E-state index in [4.69, 9.17) is 0 Å². The second kappa shape index (κ2) is 32.3. The summed E-state index contributed by atoms with van der Waals surface area (Å²) in [6.45, 7) is 9.39. The van der Waals surface area contributed by atoms with Crippen LogP contribution in [0.25, 0.3) is 56.3 Å². The number of nitrogens with zero attached hydrogens (tertiary/aromatic N) is 4. The summed E-state index contributed by atoms with van der Waals surface area (Å²) in [4.78, 5) is 60.6. The first kappa shape index (κ1) is 76.3. The Bertz CT molecular complexity index is 6540. The number of benzene rings is 17. The first-order chi connectivity index (χ1) is 59.7. The smallest absolute Gasteiger partial charge is 0.197 e. The molecule has 8 heteroatoms. The lowest BCUT2D eigenvalue weighted by Crippen LogP contribution is -2.16. The maximum atomic E-state index is 13.1. The third kappa shape index (κ3) is 14.4. The van der Waals surface area contributed by atoms with E-state index in [2.05, 4.69) is 290 Å². The summed E-state index contributed by atoms with van der Waals surface area (Å²) in [7, 11) is 0. The molecule has 584 valence electrons. The van der Waals surface area contributed by atoms with Crippen LogP contribution in [0.1, 0.15) is 103 Å². The van der Waals surface area contributed by atoms with Crippen LogP contribution in [-0.2, 0) is 10.8 Å². The zero-order valence-electron chi connectivity index (χ0n) is 68.0. The molecule has 0 bridgehead atoms. The van der Waals surface area contributed by atoms with Crippen LogP contribution in [0.3, 0.4) is 0 Å². The zero-order valence-corrected chi connectivity index (χ0v) is 68.0. The van der Waals surface area contributed by atoms with Crippen molar-refractivity contribution in [2.75, 3.05) is 19.6 Å². The molecule has 0 amide bonds. The second-order valence-corrected chi connectivity index (χ2v) is 32.2. The predicted octanol–water partition coefficient (Wildman–Crippen LogP) is 29.3. The first-order valence-electron chi connectivity index (χ1n) is 41.3. The Morgan fingerprint density at radius 1 is 0.189 bits per heavy atom. The highest BCUT2D eigenvalue weighted by molar-refractivity contribution is 6.42. The van der Waals surface area contributed by atoms with E-state index in [-0.39, 0.29) is 45.1 Å². The molecule has 0 heterocycles. The molecule has 122 heavy (non-hydrogen) atoms. The van der Waals surface area contributed by atoms with E-state index in [9.17, 15) is 19.2 Å². The van der Waals surface area contributed by atoms with Crippen LogP contribution < -0.4 is 19.6 Å². The van der Waals surface area contributed by atoms with Gasteiger partial charge < -0.3 is 19.6 Å². The molecular weight excluding hydrogens is 1490 g/mol. The van der Waals surface area contributed by atoms with Crippen LogP contribution in [0.4, 0.5) is 68.2 Å². The van der Waals surface area contributed by atoms with Crippen LogP contribution in [0.5, 0.6) is 0 Å². The van der Waals surface area contributed by atoms with Gasteiger partial charge in [0.25, 0.3) is 0 Å². The van der Waals surface area contributed by atoms with Crippen LogP contribution in [-0.4, -0.2) is 23.1 Å². The Morgan fingerprint density at radius 3 is 0.713 bits per heavy atom. The third-order valence-electron chi connectivity index (χ3n) is 24.0. The van der Waals surface area contributed by atoms with Gasteiger partial charge in [-0.05, 0) is 247 Å². The van der Waals surface area contributed by atoms with Gasteiger partial charge in [0, 0.05) is 101 Å². The maximum Gasteiger partial charge on any atom is 0.197 e. The number of ketones is 4. The van der Waals surface area contributed by atoms with Crippen molar-refractivity contribution in [1.29, 1.82) is 0 Å². The summed E-state index contributed by atoms with van der Waals surface area (Å²) in [5.41, 5.74) is 30.1. The molecule has 0 unspecified atom stereocenters. The summed E-state index contributed by atoms with van der Waals surface area (Å²) in [6, 6.07) is 146. The van der Waals surface area contributed by atoms with Gasteiger partial charge in [0.2, 0.25) is 0 Å². The number of hydrogen-bond acceptors (Lipinski definition) is 8. The molecule has 17 aromatic carbocycles. The van der Waals surface area contributed by atoms with Crippen molar-refractivity contribution in [3.05, 3.63) is 491 Å². The van der Waals surface area contributed by atoms with Crippen LogP contribution in [0.15, 0.2) is 436 Å². The van der Waals surface area contributed by atoms with Crippen molar-refractivity contribution in [2.45, 2.75) is 38.5 Å². The van der Waals surface area contributed by atoms with Crippen molar-refractivity contribution in [1.82, 2.24) is 0 Å². The highest BCUT2D eigenvalue weighted by atomic mass is 16.2. The average Bonchev–Trinajstić information content (AvgIpc) is 1.59. The van der Waals surface area contributed by atoms with Gasteiger partial charge in [-0.1, -0.05) is 295 Å². The van der Waals surface area contributed by atoms with Gasteiger partial charge in [-0.15, -0.1) is 0 Å². The minimum Gasteiger partial charge on any atom is -0.311 e. The molecule has 0 N–H and O–H groups in total. The first-order valence-corrected chi connectivity index (χ1v) is 41.3. The summed E-state index contributed by atoms with van der Waals surface area (Å²) in [5, 5.41) is 1.92. The lowest BCUT2D eigenvalue weighted by atomic mass is 9.82. The number of para-hydroxylation sites is 6. The molecule has 0 saturated heterocycles. The van der Waals surface area contributed by atoms with Gasteiger partial charge in [-0.25, -0.2) is 0 Å². The van der Waals surface area contributed by atoms with Crippen LogP contribution >= 0.6 is 0 Å². The van der Waals surface area contributed by atoms with Crippen molar-refractivity contribution in [3.8, 4) is 33.4 Å². The standard InChI is InChI=1S/C54H44N2.C32H21NO2.C28H19NO2/c1-53(2)49-21-13-11-19-45(49)47-33-31-43(35-51(47)53)55(39-15-7-5-8-16-39)41-27-23-37(24-28-41)38-25-29-42(30-26-38)56(40-17-9-6-10-18-40)44-32-34-48-46-20-12-14-22-50(46)54(3,4)52(48)36-44;34-31-28-20-23-9-7-8-10-24(23)21-29(28)32(35)30(31)19-22-15-17-27(18-16-22)33(25-11-3-1-4-12-25)26-13-5-2-6-14-26;30-27-24-13-7-8-14-25(24)28(31)26(27)19-20-15-17-23(18-16-20)29(21-9-3-1-4-10-21)22-11-5-2-6-12-22/h5-36H,1-4H3;1-21H;1-19H. The van der Waals surface area contributed by atoms with E-state index in [0.29, 0.717) is 22.3 Å². The molecule has 0 atom stereocenters. The summed E-state index contributed by atoms with van der Waals surface area (Å²) >= 11 is 0. The van der Waals surface area contributed by atoms with Crippen molar-refractivity contribution >= 4 is 114 Å². The maximum absolute atomic E-state index is 13.1. The lowest BCUT2D eigenvalue weighted by Gasteiger charge is -2.28. The Labute approximate surface area is 711 Å². The predicted molar refractivity (Wildman–Crippen MR) is 502 cm³/mol.